The summed E-state index contributed by atoms with van der Waals surface area (Å²) in [5.41, 5.74) is -0.234. The van der Waals surface area contributed by atoms with E-state index < -0.39 is 126 Å². The van der Waals surface area contributed by atoms with E-state index in [0.717, 1.165) is 30.7 Å². The predicted octanol–water partition coefficient (Wildman–Crippen LogP) is 13.6. The van der Waals surface area contributed by atoms with E-state index in [0.29, 0.717) is 71.1 Å². The van der Waals surface area contributed by atoms with E-state index in [4.69, 9.17) is 52.4 Å². The zero-order valence-electron chi connectivity index (χ0n) is 62.5. The molecule has 2 saturated heterocycles. The second-order valence-corrected chi connectivity index (χ2v) is 37.4. The smallest absolute Gasteiger partial charge is 0.410 e. The second-order valence-electron chi connectivity index (χ2n) is 33.5. The van der Waals surface area contributed by atoms with Crippen molar-refractivity contribution >= 4 is 78.9 Å². The molecule has 6 aromatic heterocycles. The molecule has 109 heavy (non-hydrogen) atoms. The van der Waals surface area contributed by atoms with Crippen LogP contribution in [-0.2, 0) is 29.5 Å². The van der Waals surface area contributed by atoms with Gasteiger partial charge >= 0.3 is 18.2 Å². The highest BCUT2D eigenvalue weighted by Crippen LogP contribution is 2.94. The number of aromatic nitrogens is 8. The maximum absolute atomic E-state index is 15.2. The number of nitrogens with zero attached hydrogens (tertiary/aromatic N) is 10. The zero-order chi connectivity index (χ0) is 79.1. The van der Waals surface area contributed by atoms with Crippen LogP contribution in [0.5, 0.6) is 11.8 Å². The van der Waals surface area contributed by atoms with E-state index in [2.05, 4.69) is 40.8 Å². The topological polar surface area (TPSA) is 350 Å². The number of nitrogens with two attached hydrogens (primary N) is 1. The van der Waals surface area contributed by atoms with Crippen LogP contribution in [0.1, 0.15) is 180 Å². The molecular weight excluding hydrogens is 1500 g/mol. The highest BCUT2D eigenvalue weighted by Gasteiger charge is 2.86. The Morgan fingerprint density at radius 2 is 0.954 bits per heavy atom. The monoisotopic (exact) mass is 1600 g/mol. The van der Waals surface area contributed by atoms with Crippen LogP contribution in [-0.4, -0.2) is 169 Å². The van der Waals surface area contributed by atoms with Crippen molar-refractivity contribution in [1.29, 1.82) is 0 Å². The summed E-state index contributed by atoms with van der Waals surface area (Å²) in [5, 5.41) is 26.4. The van der Waals surface area contributed by atoms with Crippen LogP contribution in [0, 0.1) is 45.3 Å². The third-order valence-electron chi connectivity index (χ3n) is 22.3. The van der Waals surface area contributed by atoms with Gasteiger partial charge in [0.2, 0.25) is 11.8 Å². The van der Waals surface area contributed by atoms with E-state index in [-0.39, 0.29) is 46.2 Å². The molecule has 0 bridgehead atoms. The van der Waals surface area contributed by atoms with E-state index in [1.807, 2.05) is 32.4 Å². The quantitative estimate of drug-likeness (QED) is 0.0262. The van der Waals surface area contributed by atoms with Gasteiger partial charge in [0.15, 0.2) is 21.7 Å². The lowest BCUT2D eigenvalue weighted by atomic mass is 9.92. The fourth-order valence-electron chi connectivity index (χ4n) is 17.0. The predicted molar refractivity (Wildman–Crippen MR) is 394 cm³/mol. The number of ether oxygens (including phenoxy) is 4. The number of aromatic carboxylic acids is 1. The number of primary sulfonamides is 1. The van der Waals surface area contributed by atoms with Gasteiger partial charge in [-0.1, -0.05) is 35.3 Å². The number of hydrogen-bond donors (Lipinski definition) is 5. The highest BCUT2D eigenvalue weighted by molar-refractivity contribution is 7.90. The molecule has 8 heterocycles. The maximum Gasteiger partial charge on any atom is 0.410 e. The molecule has 27 nitrogen and oxygen atoms in total. The number of pyridine rings is 4. The van der Waals surface area contributed by atoms with Crippen molar-refractivity contribution in [3.63, 3.8) is 0 Å². The normalized spacial score (nSPS) is 20.7. The number of anilines is 2. The third kappa shape index (κ3) is 18.3. The van der Waals surface area contributed by atoms with Gasteiger partial charge in [-0.15, -0.1) is 10.2 Å². The number of sulfonamides is 2. The number of carbonyl (C=O) groups excluding carboxylic acids is 3. The average Bonchev–Trinajstić information content (AvgIpc) is 1.45. The minimum atomic E-state index is -4.54. The van der Waals surface area contributed by atoms with E-state index in [9.17, 15) is 44.8 Å². The first kappa shape index (κ1) is 80.4. The Morgan fingerprint density at radius 1 is 0.569 bits per heavy atom. The first-order valence-corrected chi connectivity index (χ1v) is 40.3. The molecule has 0 radical (unpaired) electrons. The molecule has 2 aliphatic heterocycles. The molecule has 35 heteroatoms. The molecule has 4 spiro atoms. The number of carboxylic acids is 1. The molecule has 8 fully saturated rings. The molecule has 3 amide bonds. The summed E-state index contributed by atoms with van der Waals surface area (Å²) >= 11 is 12.2. The maximum atomic E-state index is 15.2. The molecule has 2 atom stereocenters. The number of alkyl halides is 4. The van der Waals surface area contributed by atoms with Gasteiger partial charge in [-0.2, -0.15) is 8.42 Å². The van der Waals surface area contributed by atoms with Crippen molar-refractivity contribution < 1.29 is 77.6 Å². The third-order valence-corrected chi connectivity index (χ3v) is 24.9. The van der Waals surface area contributed by atoms with Crippen LogP contribution in [0.3, 0.4) is 0 Å². The summed E-state index contributed by atoms with van der Waals surface area (Å²) < 4.78 is 136. The van der Waals surface area contributed by atoms with Crippen LogP contribution in [0.25, 0.3) is 11.6 Å². The van der Waals surface area contributed by atoms with Crippen LogP contribution in [0.2, 0.25) is 10.3 Å². The number of halogens is 6. The Kier molecular flexibility index (Phi) is 21.5. The Labute approximate surface area is 640 Å². The number of fused-ring (bicyclic) bond motifs is 2. The van der Waals surface area contributed by atoms with Gasteiger partial charge in [-0.05, 0) is 240 Å². The van der Waals surface area contributed by atoms with Gasteiger partial charge in [0.25, 0.3) is 37.8 Å². The average molecular weight is 1600 g/mol. The van der Waals surface area contributed by atoms with Crippen LogP contribution in [0.4, 0.5) is 38.8 Å². The first-order chi connectivity index (χ1) is 50.8. The van der Waals surface area contributed by atoms with Gasteiger partial charge in [-0.3, -0.25) is 4.79 Å². The molecule has 14 rings (SSSR count). The SMILES string of the molecule is CC(C)(C)OC(=O)N1CC(CC(F)(F)CNc2cccc(S(=O)(=O)NC(=O)c3ccc(-n4ccc(OCCC5C6(CC6)C56CC6)n4)nc3Cl)n2)CC1(C)C.CC(C)(C)OC(=O)N1CC(CC(F)(F)CNc2cccc(S(N)(=O)=O)n2)CC1(C)C.O=C(O)c1ccc(-n2ccc(OCCC3C4(CC4)C34CC4)n2)nc1Cl. The Hall–Kier alpha value is -8.14. The number of carbonyl (C=O) groups is 4. The van der Waals surface area contributed by atoms with Crippen LogP contribution >= 0.6 is 23.2 Å². The number of rotatable bonds is 25. The summed E-state index contributed by atoms with van der Waals surface area (Å²) in [6.45, 7) is 17.8. The van der Waals surface area contributed by atoms with E-state index in [1.165, 1.54) is 119 Å². The van der Waals surface area contributed by atoms with Gasteiger partial charge in [-0.25, -0.2) is 79.5 Å². The van der Waals surface area contributed by atoms with Crippen LogP contribution in [0.15, 0.2) is 95.2 Å². The molecule has 592 valence electrons. The van der Waals surface area contributed by atoms with Crippen molar-refractivity contribution in [3.8, 4) is 23.4 Å². The minimum absolute atomic E-state index is 0.0108. The fraction of sp³-hybridized carbons (Fsp3) is 0.595. The number of likely N-dealkylation sites (tertiary alicyclic amines) is 2. The van der Waals surface area contributed by atoms with Crippen molar-refractivity contribution in [3.05, 3.63) is 107 Å². The minimum Gasteiger partial charge on any atom is -0.478 e. The summed E-state index contributed by atoms with van der Waals surface area (Å²) in [7, 11) is -8.57. The van der Waals surface area contributed by atoms with Crippen molar-refractivity contribution in [2.45, 2.75) is 203 Å². The molecule has 6 aliphatic carbocycles. The fourth-order valence-corrected chi connectivity index (χ4v) is 18.9. The van der Waals surface area contributed by atoms with Gasteiger partial charge < -0.3 is 44.5 Å². The molecule has 6 N–H and O–H groups in total. The van der Waals surface area contributed by atoms with E-state index in [1.54, 1.807) is 72.1 Å². The van der Waals surface area contributed by atoms with Crippen molar-refractivity contribution in [2.24, 2.45) is 50.5 Å². The molecular formula is C74H94Cl2F4N14O13S2. The van der Waals surface area contributed by atoms with Gasteiger partial charge in [0, 0.05) is 61.5 Å². The van der Waals surface area contributed by atoms with Crippen molar-refractivity contribution in [2.75, 3.05) is 50.0 Å². The Balaban J connectivity index is 0.000000169. The number of hydrogen-bond acceptors (Lipinski definition) is 20. The Bertz CT molecular complexity index is 4650. The van der Waals surface area contributed by atoms with E-state index >= 15 is 8.78 Å². The molecule has 6 aromatic rings. The number of amides is 3. The zero-order valence-corrected chi connectivity index (χ0v) is 65.7. The van der Waals surface area contributed by atoms with Gasteiger partial charge in [0.1, 0.15) is 33.1 Å². The lowest BCUT2D eigenvalue weighted by Gasteiger charge is -2.33. The molecule has 6 saturated carbocycles. The highest BCUT2D eigenvalue weighted by atomic mass is 35.5. The Morgan fingerprint density at radius 3 is 1.32 bits per heavy atom. The summed E-state index contributed by atoms with van der Waals surface area (Å²) in [5.74, 6) is -6.14. The van der Waals surface area contributed by atoms with Gasteiger partial charge in [0.05, 0.1) is 37.4 Å². The lowest BCUT2D eigenvalue weighted by Crippen LogP contribution is -2.45. The summed E-state index contributed by atoms with van der Waals surface area (Å²) in [4.78, 5) is 68.2. The largest absolute Gasteiger partial charge is 0.478 e. The second kappa shape index (κ2) is 29.2. The molecule has 0 aromatic carbocycles. The van der Waals surface area contributed by atoms with Crippen molar-refractivity contribution in [1.82, 2.24) is 54.0 Å². The summed E-state index contributed by atoms with van der Waals surface area (Å²) in [6.07, 6.45) is 15.4. The molecule has 2 unspecified atom stereocenters. The lowest BCUT2D eigenvalue weighted by molar-refractivity contribution is -0.0102. The summed E-state index contributed by atoms with van der Waals surface area (Å²) in [6, 6.07) is 17.0. The standard InChI is InChI=1S/C37H46ClF2N7O6S.C19H30F2N4O4S.C18H18ClN3O3/c1-33(2,3)53-32(49)46-21-23(19-34(46,4)5)20-37(39,40)22-41-26-7-6-8-29(42-26)54(50,51)45-31(48)24-9-10-27(43-30(24)38)47-17-11-28(44-47)52-18-12-25-35(13-14-35)36(25)15-16-36;1-17(2,3)29-16(26)25-11-13(9-18(25,4)5)10-19(20,21)12-23-14-7-6-8-15(24-14)30(22,27)28;19-15-11(16(23)24)1-2-13(20-15)22-9-3-14(21-22)25-10-4-12-17(5-6-17)18(12)7-8-18/h6-11,17,23,25H,12-16,18-22H2,1-5H3,(H,41,42)(H,45,48);6-8,13H,9-12H2,1-5H3,(H,23,24)(H2,22,27,28);1-3,9,12H,4-8,10H2,(H,23,24). The first-order valence-electron chi connectivity index (χ1n) is 36.5. The molecule has 8 aliphatic rings. The number of nitrogens with one attached hydrogen (secondary N) is 3. The van der Waals surface area contributed by atoms with Crippen LogP contribution < -0.4 is 30.0 Å². The number of carboxylic acid groups (broad SMARTS) is 1.